The standard InChI is InChI=1S/C14H19NO3/c1-9-3-6-13(12(7-9)10(2)16)18-8-14(17)15-11-4-5-11/h3,6-7,10-11,16H,4-5,8H2,1-2H3,(H,15,17)/t10-/m0/s1. The molecule has 0 heterocycles. The summed E-state index contributed by atoms with van der Waals surface area (Å²) in [5.74, 6) is 0.469. The van der Waals surface area contributed by atoms with Gasteiger partial charge in [-0.25, -0.2) is 0 Å². The van der Waals surface area contributed by atoms with E-state index in [-0.39, 0.29) is 12.5 Å². The number of nitrogens with one attached hydrogen (secondary N) is 1. The second kappa shape index (κ2) is 5.40. The molecule has 1 aromatic carbocycles. The number of aryl methyl sites for hydroxylation is 1. The Morgan fingerprint density at radius 2 is 2.28 bits per heavy atom. The molecule has 0 aliphatic heterocycles. The Balaban J connectivity index is 1.96. The van der Waals surface area contributed by atoms with E-state index in [0.717, 1.165) is 18.4 Å². The molecule has 4 heteroatoms. The first-order chi connectivity index (χ1) is 8.56. The fourth-order valence-electron chi connectivity index (χ4n) is 1.77. The van der Waals surface area contributed by atoms with Crippen LogP contribution >= 0.6 is 0 Å². The minimum atomic E-state index is -0.605. The average Bonchev–Trinajstić information content (AvgIpc) is 3.11. The molecule has 1 fully saturated rings. The molecule has 2 rings (SSSR count). The van der Waals surface area contributed by atoms with Crippen molar-refractivity contribution in [3.63, 3.8) is 0 Å². The largest absolute Gasteiger partial charge is 0.483 e. The number of aliphatic hydroxyl groups excluding tert-OH is 1. The molecule has 1 saturated carbocycles. The molecule has 2 N–H and O–H groups in total. The third-order valence-electron chi connectivity index (χ3n) is 2.92. The van der Waals surface area contributed by atoms with Crippen molar-refractivity contribution in [3.8, 4) is 5.75 Å². The Kier molecular flexibility index (Phi) is 3.87. The third kappa shape index (κ3) is 3.47. The Bertz CT molecular complexity index is 439. The summed E-state index contributed by atoms with van der Waals surface area (Å²) in [6.07, 6.45) is 1.52. The van der Waals surface area contributed by atoms with E-state index in [4.69, 9.17) is 4.74 Å². The fourth-order valence-corrected chi connectivity index (χ4v) is 1.77. The molecule has 98 valence electrons. The second-order valence-corrected chi connectivity index (χ2v) is 4.85. The van der Waals surface area contributed by atoms with Crippen LogP contribution in [0.1, 0.15) is 37.0 Å². The zero-order valence-electron chi connectivity index (χ0n) is 10.8. The lowest BCUT2D eigenvalue weighted by molar-refractivity contribution is -0.123. The number of carbonyl (C=O) groups excluding carboxylic acids is 1. The van der Waals surface area contributed by atoms with Crippen molar-refractivity contribution >= 4 is 5.91 Å². The van der Waals surface area contributed by atoms with Crippen molar-refractivity contribution in [3.05, 3.63) is 29.3 Å². The van der Waals surface area contributed by atoms with Gasteiger partial charge in [-0.2, -0.15) is 0 Å². The molecule has 0 saturated heterocycles. The summed E-state index contributed by atoms with van der Waals surface area (Å²) in [6, 6.07) is 5.91. The summed E-state index contributed by atoms with van der Waals surface area (Å²) in [5.41, 5.74) is 1.77. The third-order valence-corrected chi connectivity index (χ3v) is 2.92. The van der Waals surface area contributed by atoms with Gasteiger partial charge in [-0.05, 0) is 38.8 Å². The highest BCUT2D eigenvalue weighted by Gasteiger charge is 2.23. The second-order valence-electron chi connectivity index (χ2n) is 4.85. The Morgan fingerprint density at radius 3 is 2.89 bits per heavy atom. The van der Waals surface area contributed by atoms with Gasteiger partial charge < -0.3 is 15.2 Å². The minimum absolute atomic E-state index is 0.000713. The number of hydrogen-bond donors (Lipinski definition) is 2. The quantitative estimate of drug-likeness (QED) is 0.835. The van der Waals surface area contributed by atoms with Crippen LogP contribution in [0.2, 0.25) is 0 Å². The van der Waals surface area contributed by atoms with Gasteiger partial charge in [0.25, 0.3) is 5.91 Å². The van der Waals surface area contributed by atoms with Crippen molar-refractivity contribution < 1.29 is 14.6 Å². The minimum Gasteiger partial charge on any atom is -0.483 e. The smallest absolute Gasteiger partial charge is 0.258 e. The monoisotopic (exact) mass is 249 g/mol. The van der Waals surface area contributed by atoms with E-state index in [0.29, 0.717) is 17.4 Å². The summed E-state index contributed by atoms with van der Waals surface area (Å²) in [6.45, 7) is 3.64. The van der Waals surface area contributed by atoms with E-state index in [1.165, 1.54) is 0 Å². The lowest BCUT2D eigenvalue weighted by atomic mass is 10.1. The summed E-state index contributed by atoms with van der Waals surface area (Å²) < 4.78 is 5.47. The van der Waals surface area contributed by atoms with Crippen molar-refractivity contribution in [1.29, 1.82) is 0 Å². The van der Waals surface area contributed by atoms with Crippen LogP contribution in [0.25, 0.3) is 0 Å². The first-order valence-corrected chi connectivity index (χ1v) is 6.27. The average molecular weight is 249 g/mol. The first-order valence-electron chi connectivity index (χ1n) is 6.27. The summed E-state index contributed by atoms with van der Waals surface area (Å²) in [5, 5.41) is 12.5. The maximum Gasteiger partial charge on any atom is 0.258 e. The fraction of sp³-hybridized carbons (Fsp3) is 0.500. The molecule has 0 bridgehead atoms. The molecule has 1 atom stereocenters. The van der Waals surface area contributed by atoms with Crippen molar-refractivity contribution in [2.24, 2.45) is 0 Å². The van der Waals surface area contributed by atoms with Gasteiger partial charge in [0, 0.05) is 11.6 Å². The lowest BCUT2D eigenvalue weighted by Crippen LogP contribution is -2.30. The number of rotatable bonds is 5. The van der Waals surface area contributed by atoms with Crippen LogP contribution < -0.4 is 10.1 Å². The number of ether oxygens (including phenoxy) is 1. The van der Waals surface area contributed by atoms with Crippen LogP contribution in [0.4, 0.5) is 0 Å². The van der Waals surface area contributed by atoms with Crippen LogP contribution in [0.5, 0.6) is 5.75 Å². The van der Waals surface area contributed by atoms with E-state index in [1.54, 1.807) is 13.0 Å². The number of amides is 1. The molecule has 0 radical (unpaired) electrons. The van der Waals surface area contributed by atoms with E-state index < -0.39 is 6.10 Å². The molecular formula is C14H19NO3. The normalized spacial score (nSPS) is 16.2. The van der Waals surface area contributed by atoms with E-state index in [9.17, 15) is 9.90 Å². The topological polar surface area (TPSA) is 58.6 Å². The highest BCUT2D eigenvalue weighted by Crippen LogP contribution is 2.26. The van der Waals surface area contributed by atoms with Crippen LogP contribution in [-0.4, -0.2) is 23.7 Å². The molecule has 4 nitrogen and oxygen atoms in total. The van der Waals surface area contributed by atoms with Gasteiger partial charge in [-0.1, -0.05) is 11.6 Å². The maximum atomic E-state index is 11.5. The first kappa shape index (κ1) is 12.9. The van der Waals surface area contributed by atoms with Crippen LogP contribution in [0.3, 0.4) is 0 Å². The van der Waals surface area contributed by atoms with Gasteiger partial charge in [-0.3, -0.25) is 4.79 Å². The molecule has 0 aromatic heterocycles. The van der Waals surface area contributed by atoms with Gasteiger partial charge in [0.1, 0.15) is 5.75 Å². The molecule has 0 spiro atoms. The number of benzene rings is 1. The van der Waals surface area contributed by atoms with Crippen LogP contribution in [0, 0.1) is 6.92 Å². The summed E-state index contributed by atoms with van der Waals surface area (Å²) in [7, 11) is 0. The zero-order chi connectivity index (χ0) is 13.1. The zero-order valence-corrected chi connectivity index (χ0v) is 10.8. The predicted octanol–water partition coefficient (Wildman–Crippen LogP) is 1.71. The van der Waals surface area contributed by atoms with Gasteiger partial charge in [-0.15, -0.1) is 0 Å². The maximum absolute atomic E-state index is 11.5. The highest BCUT2D eigenvalue weighted by molar-refractivity contribution is 5.78. The summed E-state index contributed by atoms with van der Waals surface area (Å²) >= 11 is 0. The molecule has 1 aliphatic rings. The van der Waals surface area contributed by atoms with Gasteiger partial charge in [0.15, 0.2) is 6.61 Å². The number of carbonyl (C=O) groups is 1. The molecule has 1 aromatic rings. The summed E-state index contributed by atoms with van der Waals surface area (Å²) in [4.78, 5) is 11.5. The Labute approximate surface area is 107 Å². The highest BCUT2D eigenvalue weighted by atomic mass is 16.5. The van der Waals surface area contributed by atoms with Crippen LogP contribution in [-0.2, 0) is 4.79 Å². The molecule has 0 unspecified atom stereocenters. The SMILES string of the molecule is Cc1ccc(OCC(=O)NC2CC2)c([C@H](C)O)c1. The molecule has 18 heavy (non-hydrogen) atoms. The molecule has 1 aliphatic carbocycles. The van der Waals surface area contributed by atoms with E-state index in [1.807, 2.05) is 19.1 Å². The van der Waals surface area contributed by atoms with E-state index >= 15 is 0 Å². The number of hydrogen-bond acceptors (Lipinski definition) is 3. The number of aliphatic hydroxyl groups is 1. The van der Waals surface area contributed by atoms with E-state index in [2.05, 4.69) is 5.32 Å². The van der Waals surface area contributed by atoms with Crippen molar-refractivity contribution in [2.75, 3.05) is 6.61 Å². The predicted molar refractivity (Wildman–Crippen MR) is 68.5 cm³/mol. The molecular weight excluding hydrogens is 230 g/mol. The van der Waals surface area contributed by atoms with Gasteiger partial charge in [0.05, 0.1) is 6.10 Å². The Morgan fingerprint density at radius 1 is 1.56 bits per heavy atom. The van der Waals surface area contributed by atoms with Gasteiger partial charge in [0.2, 0.25) is 0 Å². The Hall–Kier alpha value is -1.55. The van der Waals surface area contributed by atoms with Crippen molar-refractivity contribution in [1.82, 2.24) is 5.32 Å². The lowest BCUT2D eigenvalue weighted by Gasteiger charge is -2.14. The van der Waals surface area contributed by atoms with Crippen LogP contribution in [0.15, 0.2) is 18.2 Å². The molecule has 1 amide bonds. The van der Waals surface area contributed by atoms with Gasteiger partial charge >= 0.3 is 0 Å². The van der Waals surface area contributed by atoms with Crippen molar-refractivity contribution in [2.45, 2.75) is 38.8 Å².